The molecule has 1 aromatic rings. The number of carbonyl (C=O) groups is 1. The number of nitrogens with two attached hydrogens (primary N) is 1. The normalized spacial score (nSPS) is 12.1. The Hall–Kier alpha value is -1.46. The largest absolute Gasteiger partial charge is 0.496 e. The number of ether oxygens (including phenoxy) is 2. The topological polar surface area (TPSA) is 81.8 Å². The van der Waals surface area contributed by atoms with E-state index < -0.39 is 11.9 Å². The van der Waals surface area contributed by atoms with E-state index in [-0.39, 0.29) is 6.54 Å². The highest BCUT2D eigenvalue weighted by Crippen LogP contribution is 2.44. The lowest BCUT2D eigenvalue weighted by molar-refractivity contribution is -0.138. The van der Waals surface area contributed by atoms with Crippen LogP contribution < -0.4 is 15.2 Å². The summed E-state index contributed by atoms with van der Waals surface area (Å²) >= 11 is 6.20. The molecule has 0 aliphatic rings. The minimum Gasteiger partial charge on any atom is -0.496 e. The van der Waals surface area contributed by atoms with Crippen molar-refractivity contribution in [2.75, 3.05) is 20.8 Å². The molecule has 106 valence electrons. The quantitative estimate of drug-likeness (QED) is 0.867. The van der Waals surface area contributed by atoms with E-state index in [0.717, 1.165) is 0 Å². The first kappa shape index (κ1) is 15.6. The van der Waals surface area contributed by atoms with E-state index in [1.54, 1.807) is 13.8 Å². The lowest BCUT2D eigenvalue weighted by Gasteiger charge is -2.22. The van der Waals surface area contributed by atoms with Crippen LogP contribution in [-0.2, 0) is 4.79 Å². The molecule has 0 amide bonds. The van der Waals surface area contributed by atoms with Gasteiger partial charge in [-0.1, -0.05) is 11.6 Å². The van der Waals surface area contributed by atoms with Crippen molar-refractivity contribution in [3.63, 3.8) is 0 Å². The molecule has 19 heavy (non-hydrogen) atoms. The summed E-state index contributed by atoms with van der Waals surface area (Å²) in [6, 6.07) is 0. The molecule has 1 atom stereocenters. The molecule has 0 spiro atoms. The first-order chi connectivity index (χ1) is 8.90. The van der Waals surface area contributed by atoms with Gasteiger partial charge in [0.05, 0.1) is 25.2 Å². The molecule has 0 saturated heterocycles. The van der Waals surface area contributed by atoms with Gasteiger partial charge in [0.15, 0.2) is 0 Å². The number of carboxylic acid groups (broad SMARTS) is 1. The Morgan fingerprint density at radius 1 is 1.26 bits per heavy atom. The highest BCUT2D eigenvalue weighted by Gasteiger charge is 2.29. The molecule has 0 radical (unpaired) electrons. The Labute approximate surface area is 117 Å². The summed E-state index contributed by atoms with van der Waals surface area (Å²) in [5.74, 6) is -0.969. The number of carboxylic acids is 1. The van der Waals surface area contributed by atoms with E-state index in [1.807, 2.05) is 0 Å². The van der Waals surface area contributed by atoms with Crippen LogP contribution >= 0.6 is 11.6 Å². The average molecular weight is 288 g/mol. The van der Waals surface area contributed by atoms with Gasteiger partial charge in [-0.3, -0.25) is 4.79 Å². The van der Waals surface area contributed by atoms with Crippen LogP contribution in [0, 0.1) is 13.8 Å². The van der Waals surface area contributed by atoms with Gasteiger partial charge in [-0.05, 0) is 13.8 Å². The first-order valence-corrected chi connectivity index (χ1v) is 6.11. The summed E-state index contributed by atoms with van der Waals surface area (Å²) in [4.78, 5) is 11.3. The van der Waals surface area contributed by atoms with Crippen LogP contribution in [0.5, 0.6) is 11.5 Å². The summed E-state index contributed by atoms with van der Waals surface area (Å²) in [7, 11) is 2.96. The second kappa shape index (κ2) is 6.12. The third kappa shape index (κ3) is 2.62. The molecule has 6 heteroatoms. The predicted molar refractivity (Wildman–Crippen MR) is 73.5 cm³/mol. The fourth-order valence-corrected chi connectivity index (χ4v) is 2.50. The maximum absolute atomic E-state index is 11.3. The smallest absolute Gasteiger partial charge is 0.312 e. The molecule has 1 aromatic carbocycles. The monoisotopic (exact) mass is 287 g/mol. The van der Waals surface area contributed by atoms with Crippen LogP contribution in [0.15, 0.2) is 0 Å². The molecule has 0 aromatic heterocycles. The molecule has 1 unspecified atom stereocenters. The molecule has 0 saturated carbocycles. The van der Waals surface area contributed by atoms with Crippen LogP contribution in [-0.4, -0.2) is 31.8 Å². The van der Waals surface area contributed by atoms with Crippen LogP contribution in [0.4, 0.5) is 0 Å². The molecule has 0 aliphatic carbocycles. The minimum absolute atomic E-state index is 0.0310. The van der Waals surface area contributed by atoms with Crippen LogP contribution in [0.25, 0.3) is 0 Å². The van der Waals surface area contributed by atoms with Gasteiger partial charge in [0.25, 0.3) is 0 Å². The van der Waals surface area contributed by atoms with E-state index in [2.05, 4.69) is 0 Å². The van der Waals surface area contributed by atoms with Crippen molar-refractivity contribution in [2.24, 2.45) is 5.73 Å². The highest BCUT2D eigenvalue weighted by atomic mass is 35.5. The number of halogens is 1. The third-order valence-corrected chi connectivity index (χ3v) is 3.60. The second-order valence-corrected chi connectivity index (χ2v) is 4.55. The van der Waals surface area contributed by atoms with Crippen molar-refractivity contribution in [3.8, 4) is 11.5 Å². The molecule has 0 bridgehead atoms. The van der Waals surface area contributed by atoms with Gasteiger partial charge in [-0.25, -0.2) is 0 Å². The summed E-state index contributed by atoms with van der Waals surface area (Å²) in [6.07, 6.45) is 0. The summed E-state index contributed by atoms with van der Waals surface area (Å²) in [5, 5.41) is 9.70. The van der Waals surface area contributed by atoms with Crippen LogP contribution in [0.2, 0.25) is 5.02 Å². The van der Waals surface area contributed by atoms with Gasteiger partial charge in [0, 0.05) is 23.2 Å². The lowest BCUT2D eigenvalue weighted by atomic mass is 9.91. The van der Waals surface area contributed by atoms with Gasteiger partial charge >= 0.3 is 5.97 Å². The minimum atomic E-state index is -1.01. The van der Waals surface area contributed by atoms with Gasteiger partial charge in [-0.2, -0.15) is 0 Å². The number of rotatable bonds is 5. The number of benzene rings is 1. The van der Waals surface area contributed by atoms with Gasteiger partial charge in [0.2, 0.25) is 0 Å². The average Bonchev–Trinajstić information content (AvgIpc) is 2.37. The molecular formula is C13H18ClNO4. The zero-order chi connectivity index (χ0) is 14.7. The predicted octanol–water partition coefficient (Wildman–Crippen LogP) is 2.10. The van der Waals surface area contributed by atoms with Crippen molar-refractivity contribution in [3.05, 3.63) is 21.7 Å². The number of hydrogen-bond donors (Lipinski definition) is 2. The number of aliphatic carboxylic acids is 1. The number of hydrogen-bond acceptors (Lipinski definition) is 4. The standard InChI is InChI=1S/C13H18ClNO4/c1-6-9(8(5-15)13(16)17)11(18-3)7(2)10(14)12(6)19-4/h8H,5,15H2,1-4H3,(H,16,17). The maximum atomic E-state index is 11.3. The summed E-state index contributed by atoms with van der Waals surface area (Å²) in [5.41, 5.74) is 7.35. The Bertz CT molecular complexity index is 502. The van der Waals surface area contributed by atoms with E-state index in [0.29, 0.717) is 33.2 Å². The third-order valence-electron chi connectivity index (χ3n) is 3.15. The Morgan fingerprint density at radius 3 is 2.16 bits per heavy atom. The maximum Gasteiger partial charge on any atom is 0.312 e. The van der Waals surface area contributed by atoms with Crippen molar-refractivity contribution in [1.82, 2.24) is 0 Å². The molecule has 1 rings (SSSR count). The van der Waals surface area contributed by atoms with E-state index in [4.69, 9.17) is 26.8 Å². The SMILES string of the molecule is COc1c(C)c(C(CN)C(=O)O)c(OC)c(C)c1Cl. The van der Waals surface area contributed by atoms with E-state index >= 15 is 0 Å². The molecule has 0 fully saturated rings. The van der Waals surface area contributed by atoms with E-state index in [1.165, 1.54) is 14.2 Å². The van der Waals surface area contributed by atoms with Crippen LogP contribution in [0.3, 0.4) is 0 Å². The Balaban J connectivity index is 3.69. The second-order valence-electron chi connectivity index (χ2n) is 4.17. The number of methoxy groups -OCH3 is 2. The fourth-order valence-electron chi connectivity index (χ4n) is 2.20. The summed E-state index contributed by atoms with van der Waals surface area (Å²) in [6.45, 7) is 3.46. The molecule has 3 N–H and O–H groups in total. The molecule has 5 nitrogen and oxygen atoms in total. The zero-order valence-corrected chi connectivity index (χ0v) is 12.2. The molecular weight excluding hydrogens is 270 g/mol. The van der Waals surface area contributed by atoms with Gasteiger partial charge in [-0.15, -0.1) is 0 Å². The Kier molecular flexibility index (Phi) is 5.03. The van der Waals surface area contributed by atoms with Crippen molar-refractivity contribution < 1.29 is 19.4 Å². The Morgan fingerprint density at radius 2 is 1.79 bits per heavy atom. The molecule has 0 heterocycles. The lowest BCUT2D eigenvalue weighted by Crippen LogP contribution is -2.23. The van der Waals surface area contributed by atoms with Gasteiger partial charge < -0.3 is 20.3 Å². The van der Waals surface area contributed by atoms with Gasteiger partial charge in [0.1, 0.15) is 11.5 Å². The zero-order valence-electron chi connectivity index (χ0n) is 11.4. The fraction of sp³-hybridized carbons (Fsp3) is 0.462. The summed E-state index contributed by atoms with van der Waals surface area (Å²) < 4.78 is 10.6. The first-order valence-electron chi connectivity index (χ1n) is 5.74. The van der Waals surface area contributed by atoms with Crippen molar-refractivity contribution >= 4 is 17.6 Å². The highest BCUT2D eigenvalue weighted by molar-refractivity contribution is 6.33. The van der Waals surface area contributed by atoms with Crippen LogP contribution in [0.1, 0.15) is 22.6 Å². The van der Waals surface area contributed by atoms with E-state index in [9.17, 15) is 9.90 Å². The van der Waals surface area contributed by atoms with Crippen molar-refractivity contribution in [2.45, 2.75) is 19.8 Å². The molecule has 0 aliphatic heterocycles. The van der Waals surface area contributed by atoms with Crippen molar-refractivity contribution in [1.29, 1.82) is 0 Å².